The average Bonchev–Trinajstić information content (AvgIpc) is 3.43. The molecule has 3 heterocycles. The molecule has 10 heteroatoms. The molecule has 0 spiro atoms. The van der Waals surface area contributed by atoms with Crippen molar-refractivity contribution >= 4 is 62.4 Å². The van der Waals surface area contributed by atoms with Crippen LogP contribution in [0, 0.1) is 0 Å². The van der Waals surface area contributed by atoms with Gasteiger partial charge in [0.25, 0.3) is 5.91 Å². The fraction of sp³-hybridized carbons (Fsp3) is 0.161. The lowest BCUT2D eigenvalue weighted by Gasteiger charge is -2.30. The first-order valence-electron chi connectivity index (χ1n) is 13.0. The van der Waals surface area contributed by atoms with E-state index in [1.165, 1.54) is 16.9 Å². The summed E-state index contributed by atoms with van der Waals surface area (Å²) in [6.45, 7) is 1.71. The summed E-state index contributed by atoms with van der Waals surface area (Å²) in [5.74, 6) is -1.04. The number of hydrogen-bond donors (Lipinski definition) is 1. The summed E-state index contributed by atoms with van der Waals surface area (Å²) >= 11 is 13.5. The van der Waals surface area contributed by atoms with E-state index >= 15 is 0 Å². The first-order valence-corrected chi connectivity index (χ1v) is 14.6. The zero-order valence-electron chi connectivity index (χ0n) is 21.8. The molecule has 5 aromatic rings. The number of amides is 1. The van der Waals surface area contributed by atoms with E-state index in [1.807, 2.05) is 42.5 Å². The van der Waals surface area contributed by atoms with E-state index in [-0.39, 0.29) is 0 Å². The normalized spacial score (nSPS) is 13.1. The summed E-state index contributed by atoms with van der Waals surface area (Å²) in [4.78, 5) is 37.8. The molecule has 0 radical (unpaired) electrons. The Morgan fingerprint density at radius 1 is 1.00 bits per heavy atom. The fourth-order valence-corrected chi connectivity index (χ4v) is 6.20. The van der Waals surface area contributed by atoms with Crippen LogP contribution in [0.5, 0.6) is 0 Å². The van der Waals surface area contributed by atoms with Gasteiger partial charge in [0.1, 0.15) is 0 Å². The largest absolute Gasteiger partial charge is 0.452 e. The van der Waals surface area contributed by atoms with Crippen LogP contribution in [0.15, 0.2) is 78.2 Å². The van der Waals surface area contributed by atoms with Gasteiger partial charge in [0.15, 0.2) is 11.7 Å². The lowest BCUT2D eigenvalue weighted by molar-refractivity contribution is -0.119. The van der Waals surface area contributed by atoms with Crippen molar-refractivity contribution in [3.8, 4) is 11.3 Å². The second-order valence-electron chi connectivity index (χ2n) is 9.66. The number of nitrogens with zero attached hydrogens (tertiary/aromatic N) is 3. The highest BCUT2D eigenvalue weighted by Gasteiger charge is 2.27. The van der Waals surface area contributed by atoms with Gasteiger partial charge in [-0.25, -0.2) is 9.78 Å². The first-order chi connectivity index (χ1) is 19.9. The first kappa shape index (κ1) is 27.4. The summed E-state index contributed by atoms with van der Waals surface area (Å²) in [5.41, 5.74) is 5.45. The Morgan fingerprint density at radius 3 is 2.63 bits per heavy atom. The number of halogens is 2. The van der Waals surface area contributed by atoms with E-state index in [4.69, 9.17) is 32.9 Å². The van der Waals surface area contributed by atoms with Gasteiger partial charge in [0, 0.05) is 58.7 Å². The molecule has 0 unspecified atom stereocenters. The molecule has 1 amide bonds. The zero-order chi connectivity index (χ0) is 28.3. The Labute approximate surface area is 250 Å². The number of aromatic nitrogens is 2. The highest BCUT2D eigenvalue weighted by molar-refractivity contribution is 7.14. The van der Waals surface area contributed by atoms with Gasteiger partial charge in [0.2, 0.25) is 0 Å². The molecule has 1 aliphatic heterocycles. The van der Waals surface area contributed by atoms with Crippen LogP contribution in [-0.2, 0) is 29.0 Å². The van der Waals surface area contributed by atoms with Crippen LogP contribution in [0.3, 0.4) is 0 Å². The second kappa shape index (κ2) is 12.0. The maximum atomic E-state index is 13.5. The number of fused-ring (bicyclic) bond motifs is 2. The van der Waals surface area contributed by atoms with Crippen LogP contribution in [0.4, 0.5) is 5.13 Å². The molecule has 7 nitrogen and oxygen atoms in total. The highest BCUT2D eigenvalue weighted by atomic mass is 35.5. The second-order valence-corrected chi connectivity index (χ2v) is 11.4. The topological polar surface area (TPSA) is 84.4 Å². The Balaban J connectivity index is 1.18. The quantitative estimate of drug-likeness (QED) is 0.201. The van der Waals surface area contributed by atoms with Crippen molar-refractivity contribution in [1.29, 1.82) is 0 Å². The molecule has 1 N–H and O–H groups in total. The van der Waals surface area contributed by atoms with E-state index in [9.17, 15) is 9.59 Å². The number of esters is 1. The molecule has 206 valence electrons. The minimum absolute atomic E-state index is 0.371. The number of para-hydroxylation sites is 1. The van der Waals surface area contributed by atoms with Gasteiger partial charge in [-0.05, 0) is 29.8 Å². The molecule has 41 heavy (non-hydrogen) atoms. The van der Waals surface area contributed by atoms with E-state index in [2.05, 4.69) is 27.3 Å². The molecular formula is C31H24Cl2N4O3S. The number of nitrogens with one attached hydrogen (secondary N) is 1. The summed E-state index contributed by atoms with van der Waals surface area (Å²) in [5, 5.41) is 6.56. The monoisotopic (exact) mass is 602 g/mol. The predicted molar refractivity (Wildman–Crippen MR) is 162 cm³/mol. The van der Waals surface area contributed by atoms with E-state index in [0.717, 1.165) is 36.3 Å². The molecular weight excluding hydrogens is 579 g/mol. The molecule has 0 saturated carbocycles. The summed E-state index contributed by atoms with van der Waals surface area (Å²) in [6.07, 6.45) is 0.720. The van der Waals surface area contributed by atoms with Gasteiger partial charge < -0.3 is 4.74 Å². The molecule has 0 aliphatic carbocycles. The summed E-state index contributed by atoms with van der Waals surface area (Å²) < 4.78 is 5.56. The molecule has 3 aromatic carbocycles. The number of anilines is 1. The van der Waals surface area contributed by atoms with Gasteiger partial charge in [-0.1, -0.05) is 71.7 Å². The van der Waals surface area contributed by atoms with Gasteiger partial charge in [0.05, 0.1) is 21.8 Å². The molecule has 0 bridgehead atoms. The van der Waals surface area contributed by atoms with Crippen LogP contribution in [0.2, 0.25) is 10.0 Å². The van der Waals surface area contributed by atoms with Crippen molar-refractivity contribution in [1.82, 2.24) is 14.9 Å². The van der Waals surface area contributed by atoms with Crippen molar-refractivity contribution in [2.24, 2.45) is 0 Å². The van der Waals surface area contributed by atoms with Crippen molar-refractivity contribution in [3.63, 3.8) is 0 Å². The van der Waals surface area contributed by atoms with Crippen molar-refractivity contribution in [2.45, 2.75) is 19.5 Å². The Bertz CT molecular complexity index is 1760. The lowest BCUT2D eigenvalue weighted by atomic mass is 9.95. The number of hydrogen-bond acceptors (Lipinski definition) is 7. The van der Waals surface area contributed by atoms with E-state index in [1.54, 1.807) is 23.6 Å². The Kier molecular flexibility index (Phi) is 7.98. The van der Waals surface area contributed by atoms with Crippen molar-refractivity contribution < 1.29 is 14.3 Å². The lowest BCUT2D eigenvalue weighted by Crippen LogP contribution is -2.32. The predicted octanol–water partition coefficient (Wildman–Crippen LogP) is 7.02. The third-order valence-electron chi connectivity index (χ3n) is 6.87. The average molecular weight is 604 g/mol. The number of thiazole rings is 1. The fourth-order valence-electron chi connectivity index (χ4n) is 4.97. The smallest absolute Gasteiger partial charge is 0.339 e. The van der Waals surface area contributed by atoms with Gasteiger partial charge >= 0.3 is 5.97 Å². The minimum Gasteiger partial charge on any atom is -0.452 e. The maximum Gasteiger partial charge on any atom is 0.339 e. The summed E-state index contributed by atoms with van der Waals surface area (Å²) in [7, 11) is 0. The van der Waals surface area contributed by atoms with Crippen LogP contribution in [0.1, 0.15) is 27.2 Å². The van der Waals surface area contributed by atoms with Gasteiger partial charge in [-0.2, -0.15) is 0 Å². The molecule has 0 saturated heterocycles. The van der Waals surface area contributed by atoms with Crippen LogP contribution in [-0.4, -0.2) is 39.9 Å². The molecule has 0 fully saturated rings. The van der Waals surface area contributed by atoms with E-state index in [0.29, 0.717) is 43.9 Å². The van der Waals surface area contributed by atoms with E-state index < -0.39 is 18.5 Å². The molecule has 1 aliphatic rings. The zero-order valence-corrected chi connectivity index (χ0v) is 24.1. The van der Waals surface area contributed by atoms with Crippen molar-refractivity contribution in [2.75, 3.05) is 18.5 Å². The van der Waals surface area contributed by atoms with Gasteiger partial charge in [-0.15, -0.1) is 11.3 Å². The van der Waals surface area contributed by atoms with Crippen LogP contribution < -0.4 is 5.32 Å². The standard InChI is InChI=1S/C31H24Cl2N4O3S/c32-20-10-11-21(24(33)14-20)27-18-41-31(35-27)36-28(38)17-40-30(39)29-22-8-4-5-9-25(22)34-26-12-13-37(16-23(26)29)15-19-6-2-1-3-7-19/h1-11,14,18H,12-13,15-17H2,(H,35,36,38). The molecule has 2 aromatic heterocycles. The number of carbonyl (C=O) groups excluding carboxylic acids is 2. The Morgan fingerprint density at radius 2 is 1.80 bits per heavy atom. The highest BCUT2D eigenvalue weighted by Crippen LogP contribution is 2.33. The van der Waals surface area contributed by atoms with Crippen LogP contribution in [0.25, 0.3) is 22.2 Å². The maximum absolute atomic E-state index is 13.5. The number of rotatable bonds is 7. The number of carbonyl (C=O) groups is 2. The molecule has 0 atom stereocenters. The third-order valence-corrected chi connectivity index (χ3v) is 8.18. The van der Waals surface area contributed by atoms with Gasteiger partial charge in [-0.3, -0.25) is 20.0 Å². The minimum atomic E-state index is -0.552. The third kappa shape index (κ3) is 6.11. The van der Waals surface area contributed by atoms with Crippen LogP contribution >= 0.6 is 34.5 Å². The SMILES string of the molecule is O=C(COC(=O)c1c2c(nc3ccccc13)CCN(Cc1ccccc1)C2)Nc1nc(-c2ccc(Cl)cc2Cl)cs1. The van der Waals surface area contributed by atoms with Crippen molar-refractivity contribution in [3.05, 3.63) is 111 Å². The summed E-state index contributed by atoms with van der Waals surface area (Å²) in [6, 6.07) is 22.9. The molecule has 6 rings (SSSR count). The number of ether oxygens (including phenoxy) is 1. The number of benzene rings is 3. The number of pyridine rings is 1. The Hall–Kier alpha value is -3.82.